The van der Waals surface area contributed by atoms with E-state index in [-0.39, 0.29) is 6.42 Å². The lowest BCUT2D eigenvalue weighted by molar-refractivity contribution is -0.137. The molecule has 1 aromatic heterocycles. The number of rotatable bonds is 5. The minimum absolute atomic E-state index is 0.203. The van der Waals surface area contributed by atoms with Gasteiger partial charge in [0.15, 0.2) is 0 Å². The Morgan fingerprint density at radius 3 is 2.71 bits per heavy atom. The number of nitrogens with zero attached hydrogens (tertiary/aromatic N) is 2. The van der Waals surface area contributed by atoms with E-state index in [0.29, 0.717) is 18.4 Å². The van der Waals surface area contributed by atoms with Gasteiger partial charge in [0.25, 0.3) is 0 Å². The second-order valence-corrected chi connectivity index (χ2v) is 5.05. The van der Waals surface area contributed by atoms with Crippen LogP contribution < -0.4 is 0 Å². The quantitative estimate of drug-likeness (QED) is 0.921. The molecule has 0 bridgehead atoms. The normalized spacial score (nSPS) is 13.4. The molecule has 1 heterocycles. The first-order valence-electron chi connectivity index (χ1n) is 6.66. The number of aliphatic hydroxyl groups excluding tert-OH is 1. The molecule has 0 aliphatic carbocycles. The number of halogens is 3. The Morgan fingerprint density at radius 1 is 1.33 bits per heavy atom. The van der Waals surface area contributed by atoms with Gasteiger partial charge in [-0.2, -0.15) is 13.2 Å². The van der Waals surface area contributed by atoms with Crippen molar-refractivity contribution in [2.24, 2.45) is 7.05 Å². The lowest BCUT2D eigenvalue weighted by atomic mass is 10.0. The van der Waals surface area contributed by atoms with Crippen molar-refractivity contribution in [1.82, 2.24) is 9.55 Å². The van der Waals surface area contributed by atoms with Crippen LogP contribution in [0, 0.1) is 0 Å². The van der Waals surface area contributed by atoms with E-state index in [1.165, 1.54) is 6.07 Å². The van der Waals surface area contributed by atoms with Crippen molar-refractivity contribution in [3.63, 3.8) is 0 Å². The first kappa shape index (κ1) is 15.6. The molecule has 2 rings (SSSR count). The molecule has 0 spiro atoms. The standard InChI is InChI=1S/C15H17F3N2O/c1-20-8-7-19-14(20)6-5-13(21)10-11-3-2-4-12(9-11)15(16,17)18/h2-4,7-9,13,21H,5-6,10H2,1H3. The van der Waals surface area contributed by atoms with E-state index in [1.807, 2.05) is 17.8 Å². The predicted octanol–water partition coefficient (Wildman–Crippen LogP) is 2.98. The highest BCUT2D eigenvalue weighted by Crippen LogP contribution is 2.29. The van der Waals surface area contributed by atoms with Crippen LogP contribution >= 0.6 is 0 Å². The monoisotopic (exact) mass is 298 g/mol. The molecular formula is C15H17F3N2O. The summed E-state index contributed by atoms with van der Waals surface area (Å²) in [7, 11) is 1.86. The van der Waals surface area contributed by atoms with Gasteiger partial charge in [0.05, 0.1) is 11.7 Å². The van der Waals surface area contributed by atoms with Crippen molar-refractivity contribution in [3.05, 3.63) is 53.6 Å². The van der Waals surface area contributed by atoms with Crippen molar-refractivity contribution >= 4 is 0 Å². The number of alkyl halides is 3. The number of imidazole rings is 1. The Balaban J connectivity index is 1.93. The number of benzene rings is 1. The molecule has 1 aromatic carbocycles. The fourth-order valence-electron chi connectivity index (χ4n) is 2.18. The molecule has 1 atom stereocenters. The summed E-state index contributed by atoms with van der Waals surface area (Å²) in [6.45, 7) is 0. The van der Waals surface area contributed by atoms with Gasteiger partial charge in [0.1, 0.15) is 5.82 Å². The summed E-state index contributed by atoms with van der Waals surface area (Å²) in [6, 6.07) is 5.08. The van der Waals surface area contributed by atoms with Crippen molar-refractivity contribution in [3.8, 4) is 0 Å². The molecule has 0 radical (unpaired) electrons. The highest BCUT2D eigenvalue weighted by molar-refractivity contribution is 5.26. The van der Waals surface area contributed by atoms with Crippen LogP contribution in [0.4, 0.5) is 13.2 Å². The average Bonchev–Trinajstić information content (AvgIpc) is 2.81. The van der Waals surface area contributed by atoms with E-state index in [0.717, 1.165) is 18.0 Å². The van der Waals surface area contributed by atoms with Crippen LogP contribution in [0.1, 0.15) is 23.4 Å². The van der Waals surface area contributed by atoms with Gasteiger partial charge in [-0.15, -0.1) is 0 Å². The Hall–Kier alpha value is -1.82. The summed E-state index contributed by atoms with van der Waals surface area (Å²) >= 11 is 0. The zero-order chi connectivity index (χ0) is 15.5. The van der Waals surface area contributed by atoms with Crippen LogP contribution in [0.3, 0.4) is 0 Å². The van der Waals surface area contributed by atoms with Crippen LogP contribution in [-0.2, 0) is 26.1 Å². The van der Waals surface area contributed by atoms with Gasteiger partial charge in [-0.3, -0.25) is 0 Å². The Kier molecular flexibility index (Phi) is 4.67. The molecule has 1 unspecified atom stereocenters. The second-order valence-electron chi connectivity index (χ2n) is 5.05. The Labute approximate surface area is 121 Å². The molecule has 0 saturated carbocycles. The molecule has 21 heavy (non-hydrogen) atoms. The number of aliphatic hydroxyl groups is 1. The molecule has 0 amide bonds. The first-order valence-corrected chi connectivity index (χ1v) is 6.66. The van der Waals surface area contributed by atoms with Crippen LogP contribution in [0.2, 0.25) is 0 Å². The van der Waals surface area contributed by atoms with Crippen molar-refractivity contribution in [1.29, 1.82) is 0 Å². The van der Waals surface area contributed by atoms with Gasteiger partial charge >= 0.3 is 6.18 Å². The summed E-state index contributed by atoms with van der Waals surface area (Å²) in [5.74, 6) is 0.845. The average molecular weight is 298 g/mol. The summed E-state index contributed by atoms with van der Waals surface area (Å²) in [4.78, 5) is 4.14. The third-order valence-corrected chi connectivity index (χ3v) is 3.35. The fraction of sp³-hybridized carbons (Fsp3) is 0.400. The minimum atomic E-state index is -4.35. The van der Waals surface area contributed by atoms with Gasteiger partial charge in [-0.25, -0.2) is 4.98 Å². The maximum absolute atomic E-state index is 12.6. The minimum Gasteiger partial charge on any atom is -0.393 e. The van der Waals surface area contributed by atoms with E-state index < -0.39 is 17.8 Å². The summed E-state index contributed by atoms with van der Waals surface area (Å²) < 4.78 is 39.7. The first-order chi connectivity index (χ1) is 9.86. The van der Waals surface area contributed by atoms with E-state index >= 15 is 0 Å². The van der Waals surface area contributed by atoms with E-state index in [4.69, 9.17) is 0 Å². The molecule has 0 fully saturated rings. The topological polar surface area (TPSA) is 38.0 Å². The lowest BCUT2D eigenvalue weighted by Crippen LogP contribution is -2.14. The van der Waals surface area contributed by atoms with Gasteiger partial charge < -0.3 is 9.67 Å². The van der Waals surface area contributed by atoms with Crippen molar-refractivity contribution < 1.29 is 18.3 Å². The largest absolute Gasteiger partial charge is 0.416 e. The zero-order valence-electron chi connectivity index (χ0n) is 11.6. The van der Waals surface area contributed by atoms with Gasteiger partial charge in [0.2, 0.25) is 0 Å². The van der Waals surface area contributed by atoms with Gasteiger partial charge in [-0.1, -0.05) is 18.2 Å². The molecular weight excluding hydrogens is 281 g/mol. The maximum atomic E-state index is 12.6. The number of aryl methyl sites for hydroxylation is 2. The molecule has 0 saturated heterocycles. The second kappa shape index (κ2) is 6.30. The molecule has 3 nitrogen and oxygen atoms in total. The van der Waals surface area contributed by atoms with E-state index in [9.17, 15) is 18.3 Å². The third kappa shape index (κ3) is 4.32. The SMILES string of the molecule is Cn1ccnc1CCC(O)Cc1cccc(C(F)(F)F)c1. The molecule has 0 aliphatic rings. The molecule has 0 aliphatic heterocycles. The summed E-state index contributed by atoms with van der Waals surface area (Å²) in [6.07, 6.45) is -0.305. The van der Waals surface area contributed by atoms with Crippen LogP contribution in [-0.4, -0.2) is 20.8 Å². The molecule has 2 aromatic rings. The number of hydrogen-bond acceptors (Lipinski definition) is 2. The molecule has 114 valence electrons. The highest BCUT2D eigenvalue weighted by Gasteiger charge is 2.30. The van der Waals surface area contributed by atoms with Crippen LogP contribution in [0.15, 0.2) is 36.7 Å². The van der Waals surface area contributed by atoms with Gasteiger partial charge in [0, 0.05) is 25.9 Å². The fourth-order valence-corrected chi connectivity index (χ4v) is 2.18. The van der Waals surface area contributed by atoms with Gasteiger partial charge in [-0.05, 0) is 24.5 Å². The number of aromatic nitrogens is 2. The Bertz CT molecular complexity index is 593. The van der Waals surface area contributed by atoms with Crippen molar-refractivity contribution in [2.45, 2.75) is 31.5 Å². The number of hydrogen-bond donors (Lipinski definition) is 1. The van der Waals surface area contributed by atoms with Crippen LogP contribution in [0.5, 0.6) is 0 Å². The maximum Gasteiger partial charge on any atom is 0.416 e. The molecule has 6 heteroatoms. The highest BCUT2D eigenvalue weighted by atomic mass is 19.4. The van der Waals surface area contributed by atoms with Crippen LogP contribution in [0.25, 0.3) is 0 Å². The van der Waals surface area contributed by atoms with E-state index in [1.54, 1.807) is 12.3 Å². The predicted molar refractivity (Wildman–Crippen MR) is 72.7 cm³/mol. The smallest absolute Gasteiger partial charge is 0.393 e. The Morgan fingerprint density at radius 2 is 2.10 bits per heavy atom. The van der Waals surface area contributed by atoms with E-state index in [2.05, 4.69) is 4.98 Å². The summed E-state index contributed by atoms with van der Waals surface area (Å²) in [5, 5.41) is 9.97. The molecule has 1 N–H and O–H groups in total. The van der Waals surface area contributed by atoms with Crippen molar-refractivity contribution in [2.75, 3.05) is 0 Å². The lowest BCUT2D eigenvalue weighted by Gasteiger charge is -2.12. The summed E-state index contributed by atoms with van der Waals surface area (Å²) in [5.41, 5.74) is -0.200. The third-order valence-electron chi connectivity index (χ3n) is 3.35. The zero-order valence-corrected chi connectivity index (χ0v) is 11.6.